The quantitative estimate of drug-likeness (QED) is 0.404. The molecule has 0 bridgehead atoms. The number of hydrogen-bond donors (Lipinski definition) is 0. The first kappa shape index (κ1) is 11.2. The molecule has 2 heterocycles. The maximum absolute atomic E-state index is 11.2. The molecular formula is C7H7N4NaO2. The Balaban J connectivity index is 0.000000980. The third-order valence-electron chi connectivity index (χ3n) is 1.92. The molecule has 7 heteroatoms. The van der Waals surface area contributed by atoms with Gasteiger partial charge in [0, 0.05) is 7.05 Å². The summed E-state index contributed by atoms with van der Waals surface area (Å²) in [5.74, 6) is 0. The van der Waals surface area contributed by atoms with Crippen molar-refractivity contribution in [3.8, 4) is 0 Å². The normalized spacial score (nSPS) is 10.1. The van der Waals surface area contributed by atoms with Crippen molar-refractivity contribution < 1.29 is 29.6 Å². The van der Waals surface area contributed by atoms with Crippen LogP contribution in [0.1, 0.15) is 0 Å². The number of aryl methyl sites for hydroxylation is 2. The molecule has 0 saturated carbocycles. The fourth-order valence-electron chi connectivity index (χ4n) is 1.22. The van der Waals surface area contributed by atoms with E-state index in [9.17, 15) is 9.59 Å². The fraction of sp³-hybridized carbons (Fsp3) is 0.286. The van der Waals surface area contributed by atoms with Gasteiger partial charge in [0.15, 0.2) is 11.2 Å². The van der Waals surface area contributed by atoms with Gasteiger partial charge >= 0.3 is 29.6 Å². The second-order valence-corrected chi connectivity index (χ2v) is 2.79. The van der Waals surface area contributed by atoms with E-state index in [1.54, 1.807) is 11.6 Å². The molecular weight excluding hydrogens is 195 g/mol. The van der Waals surface area contributed by atoms with Crippen molar-refractivity contribution in [1.82, 2.24) is 19.1 Å². The van der Waals surface area contributed by atoms with Crippen LogP contribution in [0.2, 0.25) is 0 Å². The third kappa shape index (κ3) is 1.45. The van der Waals surface area contributed by atoms with Crippen LogP contribution >= 0.6 is 0 Å². The van der Waals surface area contributed by atoms with E-state index >= 15 is 0 Å². The van der Waals surface area contributed by atoms with Gasteiger partial charge in [-0.25, -0.2) is 4.98 Å². The zero-order chi connectivity index (χ0) is 9.59. The smallest absolute Gasteiger partial charge is 0.397 e. The van der Waals surface area contributed by atoms with E-state index < -0.39 is 11.2 Å². The molecule has 6 nitrogen and oxygen atoms in total. The molecule has 0 radical (unpaired) electrons. The van der Waals surface area contributed by atoms with E-state index in [1.165, 1.54) is 17.9 Å². The number of rotatable bonds is 0. The summed E-state index contributed by atoms with van der Waals surface area (Å²) in [6.07, 6.45) is 1.48. The van der Waals surface area contributed by atoms with Crippen LogP contribution in [0.5, 0.6) is 0 Å². The van der Waals surface area contributed by atoms with Crippen molar-refractivity contribution in [2.24, 2.45) is 14.1 Å². The molecule has 0 aliphatic heterocycles. The maximum Gasteiger partial charge on any atom is 1.00 e. The van der Waals surface area contributed by atoms with Crippen molar-refractivity contribution in [3.05, 3.63) is 27.2 Å². The molecule has 2 rings (SSSR count). The van der Waals surface area contributed by atoms with Crippen molar-refractivity contribution in [2.45, 2.75) is 0 Å². The van der Waals surface area contributed by atoms with E-state index in [0.717, 1.165) is 0 Å². The van der Waals surface area contributed by atoms with Gasteiger partial charge in [-0.2, -0.15) is 0 Å². The average Bonchev–Trinajstić information content (AvgIpc) is 2.44. The van der Waals surface area contributed by atoms with Crippen LogP contribution in [0.4, 0.5) is 0 Å². The van der Waals surface area contributed by atoms with E-state index in [-0.39, 0.29) is 29.6 Å². The van der Waals surface area contributed by atoms with E-state index in [1.807, 2.05) is 0 Å². The van der Waals surface area contributed by atoms with Gasteiger partial charge in [-0.05, 0) is 0 Å². The fourth-order valence-corrected chi connectivity index (χ4v) is 1.22. The molecule has 0 unspecified atom stereocenters. The second-order valence-electron chi connectivity index (χ2n) is 2.79. The summed E-state index contributed by atoms with van der Waals surface area (Å²) in [4.78, 5) is 29.6. The summed E-state index contributed by atoms with van der Waals surface area (Å²) in [5, 5.41) is 0. The number of imidazole rings is 1. The second kappa shape index (κ2) is 3.72. The van der Waals surface area contributed by atoms with Gasteiger partial charge in [-0.1, -0.05) is 7.05 Å². The predicted octanol–water partition coefficient (Wildman–Crippen LogP) is -4.41. The van der Waals surface area contributed by atoms with Crippen LogP contribution in [0.3, 0.4) is 0 Å². The molecule has 0 aliphatic carbocycles. The summed E-state index contributed by atoms with van der Waals surface area (Å²) in [6.45, 7) is 0. The summed E-state index contributed by atoms with van der Waals surface area (Å²) >= 11 is 0. The topological polar surface area (TPSA) is 71.0 Å². The Labute approximate surface area is 101 Å². The Morgan fingerprint density at radius 1 is 1.36 bits per heavy atom. The van der Waals surface area contributed by atoms with Crippen molar-refractivity contribution in [3.63, 3.8) is 0 Å². The van der Waals surface area contributed by atoms with Gasteiger partial charge in [0.25, 0.3) is 0 Å². The zero-order valence-corrected chi connectivity index (χ0v) is 10.2. The van der Waals surface area contributed by atoms with Gasteiger partial charge < -0.3 is 14.1 Å². The van der Waals surface area contributed by atoms with Gasteiger partial charge in [0.2, 0.25) is 0 Å². The Hall–Kier alpha value is -0.850. The SMILES string of the molecule is Cn1cnc2c1c(=O)[n-]c(=O)n2C.[Na+]. The van der Waals surface area contributed by atoms with Crippen LogP contribution in [-0.4, -0.2) is 14.1 Å². The minimum atomic E-state index is -0.573. The van der Waals surface area contributed by atoms with Gasteiger partial charge in [0.05, 0.1) is 12.0 Å². The molecule has 0 amide bonds. The maximum atomic E-state index is 11.2. The summed E-state index contributed by atoms with van der Waals surface area (Å²) in [6, 6.07) is 0. The minimum Gasteiger partial charge on any atom is -0.397 e. The van der Waals surface area contributed by atoms with E-state index in [0.29, 0.717) is 11.2 Å². The first-order valence-corrected chi connectivity index (χ1v) is 3.66. The monoisotopic (exact) mass is 202 g/mol. The molecule has 0 spiro atoms. The number of nitrogens with zero attached hydrogens (tertiary/aromatic N) is 4. The van der Waals surface area contributed by atoms with Crippen molar-refractivity contribution >= 4 is 11.2 Å². The molecule has 2 aromatic heterocycles. The Bertz CT molecular complexity index is 579. The summed E-state index contributed by atoms with van der Waals surface area (Å²) < 4.78 is 2.79. The molecule has 68 valence electrons. The Morgan fingerprint density at radius 3 is 2.64 bits per heavy atom. The summed E-state index contributed by atoms with van der Waals surface area (Å²) in [7, 11) is 3.22. The molecule has 0 atom stereocenters. The Morgan fingerprint density at radius 2 is 2.00 bits per heavy atom. The van der Waals surface area contributed by atoms with E-state index in [4.69, 9.17) is 0 Å². The van der Waals surface area contributed by atoms with Gasteiger partial charge in [-0.3, -0.25) is 9.59 Å². The van der Waals surface area contributed by atoms with Crippen LogP contribution in [0, 0.1) is 0 Å². The van der Waals surface area contributed by atoms with Crippen molar-refractivity contribution in [2.75, 3.05) is 0 Å². The zero-order valence-electron chi connectivity index (χ0n) is 8.18. The third-order valence-corrected chi connectivity index (χ3v) is 1.92. The molecule has 0 fully saturated rings. The molecule has 2 aromatic rings. The number of aromatic nitrogens is 4. The standard InChI is InChI=1S/C7H8N4O2.Na/c1-10-3-8-5-4(10)6(12)9-7(13)11(5)2;/h3H,1-2H3,(H,9,12,13);/q;+1/p-1. The molecule has 0 aromatic carbocycles. The first-order chi connectivity index (χ1) is 6.11. The number of fused-ring (bicyclic) bond motifs is 1. The van der Waals surface area contributed by atoms with Gasteiger partial charge in [0.1, 0.15) is 5.52 Å². The minimum absolute atomic E-state index is 0. The molecule has 14 heavy (non-hydrogen) atoms. The summed E-state index contributed by atoms with van der Waals surface area (Å²) in [5.41, 5.74) is -0.385. The number of hydrogen-bond acceptors (Lipinski definition) is 3. The van der Waals surface area contributed by atoms with Crippen LogP contribution in [0.25, 0.3) is 11.2 Å². The average molecular weight is 202 g/mol. The van der Waals surface area contributed by atoms with Crippen LogP contribution in [-0.2, 0) is 14.1 Å². The predicted molar refractivity (Wildman–Crippen MR) is 45.5 cm³/mol. The first-order valence-electron chi connectivity index (χ1n) is 3.66. The Kier molecular flexibility index (Phi) is 2.98. The van der Waals surface area contributed by atoms with E-state index in [2.05, 4.69) is 9.97 Å². The largest absolute Gasteiger partial charge is 1.00 e. The van der Waals surface area contributed by atoms with Crippen molar-refractivity contribution in [1.29, 1.82) is 0 Å². The van der Waals surface area contributed by atoms with Gasteiger partial charge in [-0.15, -0.1) is 0 Å². The molecule has 0 saturated heterocycles. The van der Waals surface area contributed by atoms with Crippen LogP contribution in [0.15, 0.2) is 15.9 Å². The molecule has 0 aliphatic rings. The van der Waals surface area contributed by atoms with Crippen LogP contribution < -0.4 is 45.8 Å². The molecule has 0 N–H and O–H groups in total.